The molecule has 1 rings (SSSR count). The molecule has 94 valence electrons. The molecule has 2 N–H and O–H groups in total. The van der Waals surface area contributed by atoms with E-state index in [9.17, 15) is 9.90 Å². The van der Waals surface area contributed by atoms with E-state index in [-0.39, 0.29) is 0 Å². The molecule has 1 aliphatic rings. The fourth-order valence-electron chi connectivity index (χ4n) is 2.52. The van der Waals surface area contributed by atoms with E-state index in [0.29, 0.717) is 0 Å². The number of carbonyl (C=O) groups is 1. The van der Waals surface area contributed by atoms with Crippen molar-refractivity contribution in [3.05, 3.63) is 0 Å². The van der Waals surface area contributed by atoms with Crippen LogP contribution in [0.25, 0.3) is 0 Å². The summed E-state index contributed by atoms with van der Waals surface area (Å²) in [7, 11) is 0. The highest BCUT2D eigenvalue weighted by Gasteiger charge is 2.40. The Labute approximate surface area is 98.6 Å². The van der Waals surface area contributed by atoms with Crippen molar-refractivity contribution in [3.8, 4) is 0 Å². The molecule has 0 saturated carbocycles. The van der Waals surface area contributed by atoms with Crippen LogP contribution in [0, 0.1) is 0 Å². The summed E-state index contributed by atoms with van der Waals surface area (Å²) >= 11 is 0. The lowest BCUT2D eigenvalue weighted by Gasteiger charge is -2.24. The van der Waals surface area contributed by atoms with Crippen LogP contribution in [0.2, 0.25) is 0 Å². The summed E-state index contributed by atoms with van der Waals surface area (Å²) in [6.45, 7) is 3.07. The van der Waals surface area contributed by atoms with Crippen molar-refractivity contribution in [1.82, 2.24) is 5.32 Å². The van der Waals surface area contributed by atoms with Crippen LogP contribution in [0.1, 0.15) is 64.7 Å². The van der Waals surface area contributed by atoms with E-state index in [4.69, 9.17) is 0 Å². The molecule has 0 aliphatic carbocycles. The van der Waals surface area contributed by atoms with Gasteiger partial charge in [-0.15, -0.1) is 0 Å². The quantitative estimate of drug-likeness (QED) is 0.627. The molecule has 1 aliphatic heterocycles. The summed E-state index contributed by atoms with van der Waals surface area (Å²) in [6.07, 6.45) is 9.95. The summed E-state index contributed by atoms with van der Waals surface area (Å²) in [5.41, 5.74) is -0.593. The molecular formula is C13H25NO2. The molecule has 0 amide bonds. The number of carboxylic acid groups (broad SMARTS) is 1. The van der Waals surface area contributed by atoms with Gasteiger partial charge in [-0.25, -0.2) is 0 Å². The highest BCUT2D eigenvalue weighted by molar-refractivity contribution is 5.79. The van der Waals surface area contributed by atoms with Crippen LogP contribution in [0.3, 0.4) is 0 Å². The van der Waals surface area contributed by atoms with Crippen LogP contribution in [0.15, 0.2) is 0 Å². The second kappa shape index (κ2) is 6.89. The molecule has 0 radical (unpaired) electrons. The van der Waals surface area contributed by atoms with Crippen LogP contribution in [0.4, 0.5) is 0 Å². The van der Waals surface area contributed by atoms with Crippen LogP contribution in [0.5, 0.6) is 0 Å². The van der Waals surface area contributed by atoms with Gasteiger partial charge in [0, 0.05) is 0 Å². The Morgan fingerprint density at radius 1 is 1.25 bits per heavy atom. The van der Waals surface area contributed by atoms with Crippen molar-refractivity contribution in [2.75, 3.05) is 6.54 Å². The van der Waals surface area contributed by atoms with Gasteiger partial charge in [-0.1, -0.05) is 45.4 Å². The van der Waals surface area contributed by atoms with E-state index in [1.165, 1.54) is 32.1 Å². The summed E-state index contributed by atoms with van der Waals surface area (Å²) in [4.78, 5) is 11.2. The first-order chi connectivity index (χ1) is 7.71. The largest absolute Gasteiger partial charge is 0.480 e. The Morgan fingerprint density at radius 2 is 1.94 bits per heavy atom. The number of hydrogen-bond acceptors (Lipinski definition) is 2. The maximum atomic E-state index is 11.2. The molecule has 0 aromatic carbocycles. The summed E-state index contributed by atoms with van der Waals surface area (Å²) < 4.78 is 0. The predicted octanol–water partition coefficient (Wildman–Crippen LogP) is 2.94. The third-order valence-electron chi connectivity index (χ3n) is 3.61. The van der Waals surface area contributed by atoms with Gasteiger partial charge in [-0.05, 0) is 25.8 Å². The minimum absolute atomic E-state index is 0.593. The molecule has 0 aromatic heterocycles. The fraction of sp³-hybridized carbons (Fsp3) is 0.923. The summed E-state index contributed by atoms with van der Waals surface area (Å²) in [5, 5.41) is 12.4. The molecule has 0 aromatic rings. The van der Waals surface area contributed by atoms with E-state index in [1.54, 1.807) is 0 Å². The number of aliphatic carboxylic acids is 1. The zero-order valence-electron chi connectivity index (χ0n) is 10.4. The van der Waals surface area contributed by atoms with Crippen LogP contribution in [-0.2, 0) is 4.79 Å². The molecule has 3 nitrogen and oxygen atoms in total. The first-order valence-corrected chi connectivity index (χ1v) is 6.70. The molecule has 1 heterocycles. The van der Waals surface area contributed by atoms with Gasteiger partial charge < -0.3 is 10.4 Å². The summed E-state index contributed by atoms with van der Waals surface area (Å²) in [5.74, 6) is -0.654. The Kier molecular flexibility index (Phi) is 5.81. The van der Waals surface area contributed by atoms with Gasteiger partial charge in [-0.2, -0.15) is 0 Å². The lowest BCUT2D eigenvalue weighted by molar-refractivity contribution is -0.144. The van der Waals surface area contributed by atoms with Crippen molar-refractivity contribution >= 4 is 5.97 Å². The van der Waals surface area contributed by atoms with E-state index in [1.807, 2.05) is 0 Å². The Balaban J connectivity index is 2.16. The average Bonchev–Trinajstić information content (AvgIpc) is 2.73. The second-order valence-electron chi connectivity index (χ2n) is 4.94. The number of nitrogens with one attached hydrogen (secondary N) is 1. The maximum absolute atomic E-state index is 11.2. The monoisotopic (exact) mass is 227 g/mol. The van der Waals surface area contributed by atoms with Gasteiger partial charge in [0.15, 0.2) is 0 Å². The number of unbranched alkanes of at least 4 members (excludes halogenated alkanes) is 5. The average molecular weight is 227 g/mol. The van der Waals surface area contributed by atoms with Crippen LogP contribution < -0.4 is 5.32 Å². The first kappa shape index (κ1) is 13.5. The second-order valence-corrected chi connectivity index (χ2v) is 4.94. The van der Waals surface area contributed by atoms with Gasteiger partial charge in [0.2, 0.25) is 0 Å². The van der Waals surface area contributed by atoms with Crippen molar-refractivity contribution in [2.45, 2.75) is 70.3 Å². The first-order valence-electron chi connectivity index (χ1n) is 6.70. The lowest BCUT2D eigenvalue weighted by Crippen LogP contribution is -2.47. The van der Waals surface area contributed by atoms with Crippen molar-refractivity contribution in [2.24, 2.45) is 0 Å². The number of hydrogen-bond donors (Lipinski definition) is 2. The Morgan fingerprint density at radius 3 is 2.50 bits per heavy atom. The molecule has 1 unspecified atom stereocenters. The fourth-order valence-corrected chi connectivity index (χ4v) is 2.52. The van der Waals surface area contributed by atoms with Gasteiger partial charge in [0.1, 0.15) is 5.54 Å². The maximum Gasteiger partial charge on any atom is 0.323 e. The molecule has 3 heteroatoms. The predicted molar refractivity (Wildman–Crippen MR) is 65.6 cm³/mol. The minimum Gasteiger partial charge on any atom is -0.480 e. The summed E-state index contributed by atoms with van der Waals surface area (Å²) in [6, 6.07) is 0. The number of carboxylic acids is 1. The van der Waals surface area contributed by atoms with Crippen LogP contribution >= 0.6 is 0 Å². The number of rotatable bonds is 8. The van der Waals surface area contributed by atoms with Gasteiger partial charge in [-0.3, -0.25) is 4.79 Å². The van der Waals surface area contributed by atoms with Gasteiger partial charge in [0.25, 0.3) is 0 Å². The standard InChI is InChI=1S/C13H25NO2/c1-2-3-4-5-6-7-9-13(12(15)16)10-8-11-14-13/h14H,2-11H2,1H3,(H,15,16). The molecule has 0 spiro atoms. The van der Waals surface area contributed by atoms with Crippen molar-refractivity contribution in [3.63, 3.8) is 0 Å². The normalized spacial score (nSPS) is 24.8. The molecular weight excluding hydrogens is 202 g/mol. The van der Waals surface area contributed by atoms with E-state index < -0.39 is 11.5 Å². The van der Waals surface area contributed by atoms with Crippen LogP contribution in [-0.4, -0.2) is 23.2 Å². The van der Waals surface area contributed by atoms with Gasteiger partial charge >= 0.3 is 5.97 Å². The molecule has 1 atom stereocenters. The molecule has 16 heavy (non-hydrogen) atoms. The molecule has 0 bridgehead atoms. The van der Waals surface area contributed by atoms with E-state index in [2.05, 4.69) is 12.2 Å². The zero-order chi connectivity index (χ0) is 11.9. The van der Waals surface area contributed by atoms with Gasteiger partial charge in [0.05, 0.1) is 0 Å². The zero-order valence-corrected chi connectivity index (χ0v) is 10.4. The topological polar surface area (TPSA) is 49.3 Å². The highest BCUT2D eigenvalue weighted by Crippen LogP contribution is 2.26. The molecule has 1 fully saturated rings. The van der Waals surface area contributed by atoms with E-state index in [0.717, 1.165) is 32.2 Å². The van der Waals surface area contributed by atoms with Crippen molar-refractivity contribution in [1.29, 1.82) is 0 Å². The lowest BCUT2D eigenvalue weighted by atomic mass is 9.90. The van der Waals surface area contributed by atoms with Crippen molar-refractivity contribution < 1.29 is 9.90 Å². The third kappa shape index (κ3) is 3.78. The SMILES string of the molecule is CCCCCCCCC1(C(=O)O)CCCN1. The van der Waals surface area contributed by atoms with E-state index >= 15 is 0 Å². The highest BCUT2D eigenvalue weighted by atomic mass is 16.4. The molecule has 1 saturated heterocycles. The minimum atomic E-state index is -0.654. The smallest absolute Gasteiger partial charge is 0.323 e. The third-order valence-corrected chi connectivity index (χ3v) is 3.61. The Bertz CT molecular complexity index is 210. The Hall–Kier alpha value is -0.570.